The van der Waals surface area contributed by atoms with E-state index in [1.807, 2.05) is 27.6 Å². The quantitative estimate of drug-likeness (QED) is 0.335. The topological polar surface area (TPSA) is 65.0 Å². The van der Waals surface area contributed by atoms with Crippen molar-refractivity contribution >= 4 is 43.8 Å². The minimum Gasteiger partial charge on any atom is -0.448 e. The van der Waals surface area contributed by atoms with Crippen LogP contribution < -0.4 is 5.32 Å². The highest BCUT2D eigenvalue weighted by atomic mass is 79.9. The van der Waals surface area contributed by atoms with E-state index in [9.17, 15) is 4.79 Å². The summed E-state index contributed by atoms with van der Waals surface area (Å²) in [6.07, 6.45) is 4.46. The Hall–Kier alpha value is -2.80. The predicted octanol–water partition coefficient (Wildman–Crippen LogP) is 4.66. The number of aryl methyl sites for hydroxylation is 2. The maximum absolute atomic E-state index is 12.7. The molecule has 3 heterocycles. The molecule has 0 aliphatic rings. The lowest BCUT2D eigenvalue weighted by molar-refractivity contribution is 0.0944. The number of nitrogens with zero attached hydrogens (tertiary/aromatic N) is 3. The van der Waals surface area contributed by atoms with Crippen LogP contribution in [0, 0.1) is 6.92 Å². The van der Waals surface area contributed by atoms with Gasteiger partial charge in [-0.05, 0) is 40.9 Å². The van der Waals surface area contributed by atoms with Crippen molar-refractivity contribution in [2.24, 2.45) is 0 Å². The van der Waals surface area contributed by atoms with E-state index in [0.717, 1.165) is 24.0 Å². The molecule has 0 spiro atoms. The molecule has 4 aromatic rings. The maximum Gasteiger partial charge on any atom is 0.268 e. The van der Waals surface area contributed by atoms with Crippen LogP contribution in [0.1, 0.15) is 22.5 Å². The van der Waals surface area contributed by atoms with E-state index in [0.29, 0.717) is 29.0 Å². The van der Waals surface area contributed by atoms with Gasteiger partial charge >= 0.3 is 0 Å². The maximum atomic E-state index is 12.7. The molecule has 4 rings (SSSR count). The van der Waals surface area contributed by atoms with Gasteiger partial charge in [0.2, 0.25) is 0 Å². The normalized spacial score (nSPS) is 11.4. The Balaban J connectivity index is 1.41. The minimum atomic E-state index is -0.120. The molecular weight excluding hydrogens is 420 g/mol. The molecule has 0 bridgehead atoms. The Bertz CT molecular complexity index is 1170. The summed E-state index contributed by atoms with van der Waals surface area (Å²) in [5, 5.41) is 8.64. The number of aromatic nitrogens is 3. The zero-order chi connectivity index (χ0) is 19.7. The lowest BCUT2D eigenvalue weighted by Crippen LogP contribution is -2.27. The Morgan fingerprint density at radius 1 is 1.36 bits per heavy atom. The van der Waals surface area contributed by atoms with Crippen LogP contribution in [0.15, 0.2) is 58.3 Å². The van der Waals surface area contributed by atoms with Gasteiger partial charge in [0.25, 0.3) is 5.91 Å². The number of furan rings is 1. The summed E-state index contributed by atoms with van der Waals surface area (Å²) in [4.78, 5) is 12.7. The second kappa shape index (κ2) is 7.67. The number of amides is 1. The molecular formula is C21H21BrN4O2. The van der Waals surface area contributed by atoms with Gasteiger partial charge in [0.1, 0.15) is 5.69 Å². The molecule has 144 valence electrons. The van der Waals surface area contributed by atoms with Gasteiger partial charge in [0.05, 0.1) is 17.2 Å². The number of carbonyl (C=O) groups is 1. The van der Waals surface area contributed by atoms with Crippen molar-refractivity contribution < 1.29 is 9.21 Å². The third-order valence-electron chi connectivity index (χ3n) is 4.84. The van der Waals surface area contributed by atoms with Crippen molar-refractivity contribution in [3.63, 3.8) is 0 Å². The number of hydrogen-bond donors (Lipinski definition) is 1. The van der Waals surface area contributed by atoms with Gasteiger partial charge in [-0.1, -0.05) is 18.2 Å². The van der Waals surface area contributed by atoms with Crippen LogP contribution in [0.5, 0.6) is 0 Å². The molecule has 28 heavy (non-hydrogen) atoms. The van der Waals surface area contributed by atoms with E-state index < -0.39 is 0 Å². The number of nitrogens with one attached hydrogen (secondary N) is 1. The fourth-order valence-corrected chi connectivity index (χ4v) is 3.86. The number of rotatable bonds is 7. The van der Waals surface area contributed by atoms with E-state index in [4.69, 9.17) is 4.42 Å². The average Bonchev–Trinajstić information content (AvgIpc) is 3.33. The largest absolute Gasteiger partial charge is 0.448 e. The van der Waals surface area contributed by atoms with Crippen LogP contribution in [-0.2, 0) is 13.1 Å². The van der Waals surface area contributed by atoms with Crippen molar-refractivity contribution in [2.75, 3.05) is 6.54 Å². The van der Waals surface area contributed by atoms with Gasteiger partial charge in [-0.3, -0.25) is 9.48 Å². The molecule has 0 aliphatic carbocycles. The van der Waals surface area contributed by atoms with Crippen molar-refractivity contribution in [1.82, 2.24) is 19.7 Å². The highest BCUT2D eigenvalue weighted by Gasteiger charge is 2.17. The number of halogens is 1. The van der Waals surface area contributed by atoms with E-state index in [-0.39, 0.29) is 5.91 Å². The van der Waals surface area contributed by atoms with Gasteiger partial charge in [-0.15, -0.1) is 6.58 Å². The lowest BCUT2D eigenvalue weighted by Gasteiger charge is -2.09. The molecule has 0 radical (unpaired) electrons. The Morgan fingerprint density at radius 3 is 3.04 bits per heavy atom. The smallest absolute Gasteiger partial charge is 0.268 e. The first-order valence-electron chi connectivity index (χ1n) is 9.17. The van der Waals surface area contributed by atoms with Crippen LogP contribution in [0.25, 0.3) is 22.0 Å². The second-order valence-corrected chi connectivity index (χ2v) is 7.50. The Labute approximate surface area is 170 Å². The third kappa shape index (κ3) is 3.38. The molecule has 0 saturated carbocycles. The number of benzene rings is 1. The van der Waals surface area contributed by atoms with Crippen LogP contribution >= 0.6 is 15.9 Å². The van der Waals surface area contributed by atoms with Crippen molar-refractivity contribution in [1.29, 1.82) is 0 Å². The molecule has 7 heteroatoms. The first-order chi connectivity index (χ1) is 13.6. The van der Waals surface area contributed by atoms with Crippen molar-refractivity contribution in [2.45, 2.75) is 26.4 Å². The third-order valence-corrected chi connectivity index (χ3v) is 5.23. The van der Waals surface area contributed by atoms with Gasteiger partial charge in [0.15, 0.2) is 10.3 Å². The first kappa shape index (κ1) is 18.6. The van der Waals surface area contributed by atoms with Crippen LogP contribution in [-0.4, -0.2) is 26.8 Å². The highest BCUT2D eigenvalue weighted by molar-refractivity contribution is 9.10. The number of carbonyl (C=O) groups excluding carboxylic acids is 1. The monoisotopic (exact) mass is 440 g/mol. The predicted molar refractivity (Wildman–Crippen MR) is 114 cm³/mol. The molecule has 0 atom stereocenters. The summed E-state index contributed by atoms with van der Waals surface area (Å²) in [5.74, 6) is -0.120. The fraction of sp³-hybridized carbons (Fsp3) is 0.238. The van der Waals surface area contributed by atoms with Gasteiger partial charge < -0.3 is 14.3 Å². The number of hydrogen-bond acceptors (Lipinski definition) is 3. The number of allylic oxidation sites excluding steroid dienone is 1. The molecule has 1 amide bonds. The van der Waals surface area contributed by atoms with Crippen molar-refractivity contribution in [3.8, 4) is 0 Å². The highest BCUT2D eigenvalue weighted by Crippen LogP contribution is 2.27. The summed E-state index contributed by atoms with van der Waals surface area (Å²) in [5.41, 5.74) is 4.46. The summed E-state index contributed by atoms with van der Waals surface area (Å²) in [7, 11) is 0. The van der Waals surface area contributed by atoms with E-state index in [1.165, 1.54) is 10.9 Å². The van der Waals surface area contributed by atoms with Gasteiger partial charge in [-0.25, -0.2) is 0 Å². The molecule has 1 N–H and O–H groups in total. The number of fused-ring (bicyclic) bond motifs is 2. The molecule has 0 saturated heterocycles. The average molecular weight is 441 g/mol. The van der Waals surface area contributed by atoms with Crippen LogP contribution in [0.4, 0.5) is 0 Å². The summed E-state index contributed by atoms with van der Waals surface area (Å²) in [6, 6.07) is 9.83. The SMILES string of the molecule is C=CCn1c(C(=O)NCCCn2ncc3c(C)cccc32)cc2oc(Br)cc21. The molecule has 6 nitrogen and oxygen atoms in total. The van der Waals surface area contributed by atoms with E-state index in [1.54, 1.807) is 12.1 Å². The fourth-order valence-electron chi connectivity index (χ4n) is 3.47. The lowest BCUT2D eigenvalue weighted by atomic mass is 10.1. The van der Waals surface area contributed by atoms with Crippen LogP contribution in [0.2, 0.25) is 0 Å². The van der Waals surface area contributed by atoms with Gasteiger partial charge in [0, 0.05) is 37.2 Å². The Kier molecular flexibility index (Phi) is 5.09. The van der Waals surface area contributed by atoms with E-state index >= 15 is 0 Å². The molecule has 0 fully saturated rings. The molecule has 0 aliphatic heterocycles. The minimum absolute atomic E-state index is 0.120. The van der Waals surface area contributed by atoms with Crippen molar-refractivity contribution in [3.05, 3.63) is 65.1 Å². The zero-order valence-corrected chi connectivity index (χ0v) is 17.2. The summed E-state index contributed by atoms with van der Waals surface area (Å²) < 4.78 is 10.1. The first-order valence-corrected chi connectivity index (χ1v) is 9.96. The van der Waals surface area contributed by atoms with Gasteiger partial charge in [-0.2, -0.15) is 5.10 Å². The molecule has 0 unspecified atom stereocenters. The standard InChI is InChI=1S/C21H21BrN4O2/c1-3-9-25-17-12-20(22)28-19(17)11-18(25)21(27)23-8-5-10-26-16-7-4-6-14(2)15(16)13-24-26/h3-4,6-7,11-13H,1,5,8-10H2,2H3,(H,23,27). The molecule has 3 aromatic heterocycles. The molecule has 1 aromatic carbocycles. The zero-order valence-electron chi connectivity index (χ0n) is 15.6. The van der Waals surface area contributed by atoms with Crippen LogP contribution in [0.3, 0.4) is 0 Å². The second-order valence-electron chi connectivity index (χ2n) is 6.71. The summed E-state index contributed by atoms with van der Waals surface area (Å²) in [6.45, 7) is 7.72. The van der Waals surface area contributed by atoms with E-state index in [2.05, 4.69) is 52.0 Å². The Morgan fingerprint density at radius 2 is 2.21 bits per heavy atom. The summed E-state index contributed by atoms with van der Waals surface area (Å²) >= 11 is 3.33.